The van der Waals surface area contributed by atoms with Gasteiger partial charge in [-0.15, -0.1) is 0 Å². The standard InChI is InChI=1S/C28H34N6O6/c1-16(2)12-22(35)27(39)32-10-8-18(9-11-32)33-15-17(14-30-33)13-29-20-5-3-4-19-24(20)28(40)34(26(19)38)21-6-7-23(36)31-25(21)37/h3-5,14-16,18,21-22,29,35H,6-13H2,1-2H3,(H,31,36,37)/t21?,22-/m0/s1. The van der Waals surface area contributed by atoms with Crippen LogP contribution < -0.4 is 10.6 Å². The maximum absolute atomic E-state index is 13.3. The molecule has 0 saturated carbocycles. The van der Waals surface area contributed by atoms with Gasteiger partial charge in [-0.25, -0.2) is 0 Å². The van der Waals surface area contributed by atoms with Gasteiger partial charge in [0.25, 0.3) is 17.7 Å². The molecule has 2 aromatic rings. The predicted molar refractivity (Wildman–Crippen MR) is 143 cm³/mol. The molecule has 12 nitrogen and oxygen atoms in total. The van der Waals surface area contributed by atoms with Crippen LogP contribution in [0, 0.1) is 5.92 Å². The Morgan fingerprint density at radius 2 is 1.88 bits per heavy atom. The molecule has 2 fully saturated rings. The van der Waals surface area contributed by atoms with Crippen molar-refractivity contribution in [2.45, 2.75) is 70.7 Å². The quantitative estimate of drug-likeness (QED) is 0.418. The number of aliphatic hydroxyl groups excluding tert-OH is 1. The van der Waals surface area contributed by atoms with E-state index >= 15 is 0 Å². The molecule has 4 heterocycles. The summed E-state index contributed by atoms with van der Waals surface area (Å²) in [6, 6.07) is 4.06. The summed E-state index contributed by atoms with van der Waals surface area (Å²) in [4.78, 5) is 65.4. The molecule has 0 radical (unpaired) electrons. The lowest BCUT2D eigenvalue weighted by molar-refractivity contribution is -0.142. The Morgan fingerprint density at radius 1 is 1.12 bits per heavy atom. The van der Waals surface area contributed by atoms with Crippen LogP contribution in [0.5, 0.6) is 0 Å². The topological polar surface area (TPSA) is 154 Å². The number of imide groups is 2. The summed E-state index contributed by atoms with van der Waals surface area (Å²) < 4.78 is 1.89. The zero-order chi connectivity index (χ0) is 28.6. The zero-order valence-corrected chi connectivity index (χ0v) is 22.6. The Bertz CT molecular complexity index is 1340. The van der Waals surface area contributed by atoms with E-state index in [1.807, 2.05) is 24.7 Å². The molecule has 5 amide bonds. The van der Waals surface area contributed by atoms with Crippen LogP contribution in [0.25, 0.3) is 0 Å². The Kier molecular flexibility index (Phi) is 7.70. The molecule has 0 spiro atoms. The number of amides is 5. The van der Waals surface area contributed by atoms with Gasteiger partial charge < -0.3 is 15.3 Å². The third-order valence-electron chi connectivity index (χ3n) is 7.74. The van der Waals surface area contributed by atoms with Crippen molar-refractivity contribution in [2.75, 3.05) is 18.4 Å². The minimum absolute atomic E-state index is 0.0638. The van der Waals surface area contributed by atoms with Crippen LogP contribution in [0.15, 0.2) is 30.6 Å². The number of fused-ring (bicyclic) bond motifs is 1. The highest BCUT2D eigenvalue weighted by Gasteiger charge is 2.45. The fraction of sp³-hybridized carbons (Fsp3) is 0.500. The van der Waals surface area contributed by atoms with Crippen molar-refractivity contribution >= 4 is 35.2 Å². The van der Waals surface area contributed by atoms with Crippen molar-refractivity contribution in [3.8, 4) is 0 Å². The molecule has 3 aliphatic rings. The lowest BCUT2D eigenvalue weighted by Gasteiger charge is -2.33. The molecule has 12 heteroatoms. The first-order valence-corrected chi connectivity index (χ1v) is 13.7. The molecule has 1 unspecified atom stereocenters. The van der Waals surface area contributed by atoms with E-state index in [1.54, 1.807) is 29.3 Å². The molecule has 2 atom stereocenters. The van der Waals surface area contributed by atoms with Gasteiger partial charge in [-0.05, 0) is 43.7 Å². The van der Waals surface area contributed by atoms with Crippen LogP contribution in [-0.2, 0) is 20.9 Å². The number of hydrogen-bond donors (Lipinski definition) is 3. The molecule has 0 aliphatic carbocycles. The van der Waals surface area contributed by atoms with Crippen LogP contribution in [0.4, 0.5) is 5.69 Å². The summed E-state index contributed by atoms with van der Waals surface area (Å²) in [5.41, 5.74) is 1.78. The fourth-order valence-corrected chi connectivity index (χ4v) is 5.64. The summed E-state index contributed by atoms with van der Waals surface area (Å²) in [7, 11) is 0. The Hall–Kier alpha value is -4.06. The van der Waals surface area contributed by atoms with E-state index < -0.39 is 35.8 Å². The number of anilines is 1. The SMILES string of the molecule is CC(C)C[C@H](O)C(=O)N1CCC(n2cc(CNc3cccc4c3C(=O)N(C3CCC(=O)NC3=O)C4=O)cn2)CC1. The number of hydrogen-bond acceptors (Lipinski definition) is 8. The molecule has 212 valence electrons. The van der Waals surface area contributed by atoms with E-state index in [0.717, 1.165) is 23.3 Å². The van der Waals surface area contributed by atoms with E-state index in [9.17, 15) is 29.1 Å². The van der Waals surface area contributed by atoms with Crippen LogP contribution in [0.3, 0.4) is 0 Å². The summed E-state index contributed by atoms with van der Waals surface area (Å²) in [5.74, 6) is -2.14. The van der Waals surface area contributed by atoms with Crippen LogP contribution in [-0.4, -0.2) is 79.5 Å². The molecule has 2 saturated heterocycles. The second-order valence-corrected chi connectivity index (χ2v) is 11.1. The molecule has 1 aromatic carbocycles. The molecule has 3 N–H and O–H groups in total. The molecule has 0 bridgehead atoms. The van der Waals surface area contributed by atoms with Gasteiger partial charge in [-0.2, -0.15) is 5.10 Å². The maximum Gasteiger partial charge on any atom is 0.264 e. The number of carbonyl (C=O) groups excluding carboxylic acids is 5. The van der Waals surface area contributed by atoms with Gasteiger partial charge in [0.05, 0.1) is 23.4 Å². The van der Waals surface area contributed by atoms with Crippen molar-refractivity contribution in [3.05, 3.63) is 47.3 Å². The number of benzene rings is 1. The predicted octanol–water partition coefficient (Wildman–Crippen LogP) is 1.47. The summed E-state index contributed by atoms with van der Waals surface area (Å²) in [5, 5.41) is 20.1. The molecule has 5 rings (SSSR count). The number of aromatic nitrogens is 2. The summed E-state index contributed by atoms with van der Waals surface area (Å²) in [6.07, 6.45) is 4.78. The van der Waals surface area contributed by atoms with Crippen LogP contribution >= 0.6 is 0 Å². The molecule has 1 aromatic heterocycles. The number of nitrogens with zero attached hydrogens (tertiary/aromatic N) is 4. The Labute approximate surface area is 231 Å². The lowest BCUT2D eigenvalue weighted by Crippen LogP contribution is -2.54. The first-order chi connectivity index (χ1) is 19.1. The first kappa shape index (κ1) is 27.5. The number of rotatable bonds is 8. The van der Waals surface area contributed by atoms with Gasteiger partial charge >= 0.3 is 0 Å². The van der Waals surface area contributed by atoms with Crippen molar-refractivity contribution in [3.63, 3.8) is 0 Å². The van der Waals surface area contributed by atoms with Crippen molar-refractivity contribution in [2.24, 2.45) is 5.92 Å². The van der Waals surface area contributed by atoms with Crippen LogP contribution in [0.2, 0.25) is 0 Å². The third kappa shape index (κ3) is 5.35. The monoisotopic (exact) mass is 550 g/mol. The highest BCUT2D eigenvalue weighted by atomic mass is 16.3. The third-order valence-corrected chi connectivity index (χ3v) is 7.74. The van der Waals surface area contributed by atoms with E-state index in [2.05, 4.69) is 15.7 Å². The van der Waals surface area contributed by atoms with E-state index in [-0.39, 0.29) is 41.8 Å². The van der Waals surface area contributed by atoms with Gasteiger partial charge in [-0.1, -0.05) is 19.9 Å². The average molecular weight is 551 g/mol. The molecular formula is C28H34N6O6. The second-order valence-electron chi connectivity index (χ2n) is 11.1. The van der Waals surface area contributed by atoms with Crippen molar-refractivity contribution in [1.29, 1.82) is 0 Å². The largest absolute Gasteiger partial charge is 0.383 e. The van der Waals surface area contributed by atoms with Gasteiger partial charge in [0.15, 0.2) is 0 Å². The summed E-state index contributed by atoms with van der Waals surface area (Å²) >= 11 is 0. The fourth-order valence-electron chi connectivity index (χ4n) is 5.64. The van der Waals surface area contributed by atoms with E-state index in [4.69, 9.17) is 0 Å². The van der Waals surface area contributed by atoms with E-state index in [0.29, 0.717) is 31.7 Å². The normalized spacial score (nSPS) is 20.6. The lowest BCUT2D eigenvalue weighted by atomic mass is 10.0. The minimum Gasteiger partial charge on any atom is -0.383 e. The van der Waals surface area contributed by atoms with Crippen molar-refractivity contribution in [1.82, 2.24) is 24.9 Å². The second kappa shape index (κ2) is 11.2. The highest BCUT2D eigenvalue weighted by Crippen LogP contribution is 2.32. The summed E-state index contributed by atoms with van der Waals surface area (Å²) in [6.45, 7) is 5.43. The van der Waals surface area contributed by atoms with Gasteiger partial charge in [0.2, 0.25) is 11.8 Å². The van der Waals surface area contributed by atoms with Gasteiger partial charge in [0, 0.05) is 43.5 Å². The minimum atomic E-state index is -1.02. The number of piperidine rings is 2. The Balaban J connectivity index is 1.20. The van der Waals surface area contributed by atoms with Gasteiger partial charge in [0.1, 0.15) is 12.1 Å². The van der Waals surface area contributed by atoms with E-state index in [1.165, 1.54) is 0 Å². The zero-order valence-electron chi connectivity index (χ0n) is 22.6. The van der Waals surface area contributed by atoms with Crippen molar-refractivity contribution < 1.29 is 29.1 Å². The highest BCUT2D eigenvalue weighted by molar-refractivity contribution is 6.25. The number of aliphatic hydroxyl groups is 1. The number of nitrogens with one attached hydrogen (secondary N) is 2. The molecule has 3 aliphatic heterocycles. The smallest absolute Gasteiger partial charge is 0.264 e. The Morgan fingerprint density at radius 3 is 2.58 bits per heavy atom. The van der Waals surface area contributed by atoms with Gasteiger partial charge in [-0.3, -0.25) is 38.9 Å². The molecular weight excluding hydrogens is 516 g/mol. The average Bonchev–Trinajstić information content (AvgIpc) is 3.50. The molecule has 40 heavy (non-hydrogen) atoms. The maximum atomic E-state index is 13.3. The number of carbonyl (C=O) groups is 5. The first-order valence-electron chi connectivity index (χ1n) is 13.7. The van der Waals surface area contributed by atoms with Crippen LogP contribution in [0.1, 0.15) is 78.3 Å². The number of likely N-dealkylation sites (tertiary alicyclic amines) is 1.